The van der Waals surface area contributed by atoms with E-state index >= 15 is 0 Å². The van der Waals surface area contributed by atoms with E-state index in [0.29, 0.717) is 6.04 Å². The van der Waals surface area contributed by atoms with Crippen LogP contribution in [0.4, 0.5) is 11.5 Å². The number of aromatic nitrogens is 5. The molecule has 0 aromatic carbocycles. The standard InChI is InChI=1S/C26H33N7O/c1-17-24(29-20-8-4-3-7-19(20)27-17)22-16-33-25(30-22)21(15-23(31-33)32-13-5-6-14-32)28-18-9-11-26(2,34)12-10-18/h5-6,15-16,18,28,34H,3-4,7-14H2,1-2H3/t18-,26-. The second kappa shape index (κ2) is 8.34. The third-order valence-corrected chi connectivity index (χ3v) is 7.52. The third-order valence-electron chi connectivity index (χ3n) is 7.52. The first-order chi connectivity index (χ1) is 16.4. The molecule has 0 amide bonds. The molecule has 1 fully saturated rings. The van der Waals surface area contributed by atoms with Gasteiger partial charge in [0.1, 0.15) is 11.4 Å². The summed E-state index contributed by atoms with van der Waals surface area (Å²) in [6.07, 6.45) is 14.2. The maximum atomic E-state index is 10.4. The van der Waals surface area contributed by atoms with Gasteiger partial charge in [0.15, 0.2) is 11.5 Å². The topological polar surface area (TPSA) is 91.5 Å². The summed E-state index contributed by atoms with van der Waals surface area (Å²) in [4.78, 5) is 17.1. The fraction of sp³-hybridized carbons (Fsp3) is 0.538. The molecule has 0 radical (unpaired) electrons. The third kappa shape index (κ3) is 4.04. The number of aryl methyl sites for hydroxylation is 3. The molecule has 0 unspecified atom stereocenters. The molecule has 4 heterocycles. The Morgan fingerprint density at radius 1 is 1.03 bits per heavy atom. The van der Waals surface area contributed by atoms with Gasteiger partial charge in [-0.1, -0.05) is 12.2 Å². The highest BCUT2D eigenvalue weighted by atomic mass is 16.3. The Kier molecular flexibility index (Phi) is 5.28. The average molecular weight is 460 g/mol. The normalized spacial score (nSPS) is 24.6. The summed E-state index contributed by atoms with van der Waals surface area (Å²) < 4.78 is 1.89. The van der Waals surface area contributed by atoms with Gasteiger partial charge < -0.3 is 15.3 Å². The minimum absolute atomic E-state index is 0.307. The van der Waals surface area contributed by atoms with E-state index in [0.717, 1.165) is 97.2 Å². The second-order valence-corrected chi connectivity index (χ2v) is 10.4. The van der Waals surface area contributed by atoms with Crippen molar-refractivity contribution in [3.63, 3.8) is 0 Å². The zero-order valence-electron chi connectivity index (χ0n) is 20.1. The minimum atomic E-state index is -0.554. The van der Waals surface area contributed by atoms with Crippen LogP contribution >= 0.6 is 0 Å². The Bertz CT molecular complexity index is 1240. The monoisotopic (exact) mass is 459 g/mol. The van der Waals surface area contributed by atoms with Crippen molar-refractivity contribution in [2.24, 2.45) is 0 Å². The molecule has 3 aromatic rings. The van der Waals surface area contributed by atoms with Crippen LogP contribution in [0.3, 0.4) is 0 Å². The molecule has 0 saturated heterocycles. The fourth-order valence-corrected chi connectivity index (χ4v) is 5.44. The molecule has 0 spiro atoms. The molecule has 8 nitrogen and oxygen atoms in total. The first kappa shape index (κ1) is 21.5. The number of hydrogen-bond acceptors (Lipinski definition) is 7. The smallest absolute Gasteiger partial charge is 0.177 e. The molecule has 0 bridgehead atoms. The first-order valence-corrected chi connectivity index (χ1v) is 12.6. The van der Waals surface area contributed by atoms with Gasteiger partial charge in [-0.2, -0.15) is 0 Å². The van der Waals surface area contributed by atoms with E-state index in [4.69, 9.17) is 20.1 Å². The second-order valence-electron chi connectivity index (χ2n) is 10.4. The van der Waals surface area contributed by atoms with E-state index < -0.39 is 5.60 Å². The van der Waals surface area contributed by atoms with Crippen LogP contribution in [0.2, 0.25) is 0 Å². The number of aliphatic hydroxyl groups is 1. The SMILES string of the molecule is Cc1nc2c(nc1-c1cn3nc(N4CC=CC4)cc(N[C@H]4CC[C@](C)(O)CC4)c3n1)CCCC2. The van der Waals surface area contributed by atoms with Crippen molar-refractivity contribution in [2.45, 2.75) is 76.9 Å². The molecule has 6 rings (SSSR count). The van der Waals surface area contributed by atoms with Crippen molar-refractivity contribution in [1.82, 2.24) is 24.6 Å². The van der Waals surface area contributed by atoms with Gasteiger partial charge in [-0.15, -0.1) is 5.10 Å². The van der Waals surface area contributed by atoms with E-state index in [9.17, 15) is 5.11 Å². The molecule has 2 N–H and O–H groups in total. The van der Waals surface area contributed by atoms with Crippen molar-refractivity contribution in [3.8, 4) is 11.4 Å². The van der Waals surface area contributed by atoms with Crippen LogP contribution in [0, 0.1) is 6.92 Å². The average Bonchev–Trinajstić information content (AvgIpc) is 3.50. The lowest BCUT2D eigenvalue weighted by atomic mass is 9.83. The van der Waals surface area contributed by atoms with Gasteiger partial charge in [0.2, 0.25) is 0 Å². The number of rotatable bonds is 4. The summed E-state index contributed by atoms with van der Waals surface area (Å²) in [7, 11) is 0. The van der Waals surface area contributed by atoms with Gasteiger partial charge in [-0.05, 0) is 65.2 Å². The molecular formula is C26H33N7O. The Balaban J connectivity index is 1.39. The van der Waals surface area contributed by atoms with Crippen molar-refractivity contribution in [1.29, 1.82) is 0 Å². The summed E-state index contributed by atoms with van der Waals surface area (Å²) in [6.45, 7) is 5.70. The van der Waals surface area contributed by atoms with Crippen LogP contribution in [0.1, 0.15) is 62.5 Å². The van der Waals surface area contributed by atoms with E-state index in [1.165, 1.54) is 12.8 Å². The Hall–Kier alpha value is -3.00. The van der Waals surface area contributed by atoms with Crippen molar-refractivity contribution in [3.05, 3.63) is 41.5 Å². The highest BCUT2D eigenvalue weighted by Gasteiger charge is 2.29. The van der Waals surface area contributed by atoms with Gasteiger partial charge in [0.25, 0.3) is 0 Å². The molecule has 178 valence electrons. The van der Waals surface area contributed by atoms with Crippen LogP contribution in [0.15, 0.2) is 24.4 Å². The minimum Gasteiger partial charge on any atom is -0.390 e. The van der Waals surface area contributed by atoms with Crippen molar-refractivity contribution >= 4 is 17.2 Å². The van der Waals surface area contributed by atoms with Gasteiger partial charge in [-0.25, -0.2) is 14.5 Å². The van der Waals surface area contributed by atoms with E-state index in [1.54, 1.807) is 0 Å². The molecule has 3 aliphatic rings. The highest BCUT2D eigenvalue weighted by molar-refractivity contribution is 5.75. The summed E-state index contributed by atoms with van der Waals surface area (Å²) in [5.41, 5.74) is 6.10. The van der Waals surface area contributed by atoms with Gasteiger partial charge in [0.05, 0.1) is 34.6 Å². The fourth-order valence-electron chi connectivity index (χ4n) is 5.44. The van der Waals surface area contributed by atoms with E-state index in [1.807, 2.05) is 24.6 Å². The molecule has 1 saturated carbocycles. The Morgan fingerprint density at radius 2 is 1.74 bits per heavy atom. The molecule has 0 atom stereocenters. The van der Waals surface area contributed by atoms with Gasteiger partial charge in [-0.3, -0.25) is 4.98 Å². The number of nitrogens with zero attached hydrogens (tertiary/aromatic N) is 6. The maximum Gasteiger partial charge on any atom is 0.177 e. The number of fused-ring (bicyclic) bond motifs is 2. The predicted octanol–water partition coefficient (Wildman–Crippen LogP) is 3.86. The lowest BCUT2D eigenvalue weighted by Gasteiger charge is -2.34. The summed E-state index contributed by atoms with van der Waals surface area (Å²) >= 11 is 0. The van der Waals surface area contributed by atoms with E-state index in [-0.39, 0.29) is 0 Å². The summed E-state index contributed by atoms with van der Waals surface area (Å²) in [6, 6.07) is 2.43. The van der Waals surface area contributed by atoms with Crippen molar-refractivity contribution in [2.75, 3.05) is 23.3 Å². The maximum absolute atomic E-state index is 10.4. The Morgan fingerprint density at radius 3 is 2.47 bits per heavy atom. The lowest BCUT2D eigenvalue weighted by molar-refractivity contribution is 0.0196. The molecular weight excluding hydrogens is 426 g/mol. The molecule has 1 aliphatic heterocycles. The largest absolute Gasteiger partial charge is 0.390 e. The predicted molar refractivity (Wildman–Crippen MR) is 133 cm³/mol. The zero-order chi connectivity index (χ0) is 23.3. The van der Waals surface area contributed by atoms with Crippen molar-refractivity contribution < 1.29 is 5.11 Å². The lowest BCUT2D eigenvalue weighted by Crippen LogP contribution is -2.36. The number of imidazole rings is 1. The first-order valence-electron chi connectivity index (χ1n) is 12.6. The Labute approximate surface area is 200 Å². The number of nitrogens with one attached hydrogen (secondary N) is 1. The molecule has 8 heteroatoms. The zero-order valence-corrected chi connectivity index (χ0v) is 20.1. The van der Waals surface area contributed by atoms with Crippen LogP contribution in [-0.2, 0) is 12.8 Å². The molecule has 2 aliphatic carbocycles. The summed E-state index contributed by atoms with van der Waals surface area (Å²) in [5, 5.41) is 19.0. The quantitative estimate of drug-likeness (QED) is 0.573. The highest BCUT2D eigenvalue weighted by Crippen LogP contribution is 2.33. The number of hydrogen-bond donors (Lipinski definition) is 2. The van der Waals surface area contributed by atoms with Crippen LogP contribution in [0.5, 0.6) is 0 Å². The summed E-state index contributed by atoms with van der Waals surface area (Å²) in [5.74, 6) is 0.931. The van der Waals surface area contributed by atoms with Crippen LogP contribution in [0.25, 0.3) is 17.0 Å². The molecule has 34 heavy (non-hydrogen) atoms. The van der Waals surface area contributed by atoms with Crippen LogP contribution in [-0.4, -0.2) is 54.4 Å². The molecule has 3 aromatic heterocycles. The van der Waals surface area contributed by atoms with Crippen LogP contribution < -0.4 is 10.2 Å². The van der Waals surface area contributed by atoms with E-state index in [2.05, 4.69) is 28.4 Å². The van der Waals surface area contributed by atoms with Gasteiger partial charge >= 0.3 is 0 Å². The van der Waals surface area contributed by atoms with Gasteiger partial charge in [0, 0.05) is 25.2 Å². The number of anilines is 2.